The molecule has 0 heterocycles. The molecule has 1 aromatic carbocycles. The van der Waals surface area contributed by atoms with E-state index in [0.717, 1.165) is 0 Å². The molecule has 0 unspecified atom stereocenters. The molecule has 15 N–H and O–H groups in total. The second kappa shape index (κ2) is 27.3. The molecule has 7 amide bonds. The maximum Gasteiger partial charge on any atom is 0.326 e. The number of aliphatic hydroxyl groups is 1. The van der Waals surface area contributed by atoms with Gasteiger partial charge in [-0.05, 0) is 70.1 Å². The molecule has 0 bridgehead atoms. The van der Waals surface area contributed by atoms with Gasteiger partial charge in [0.1, 0.15) is 54.1 Å². The Morgan fingerprint density at radius 3 is 1.22 bits per heavy atom. The zero-order valence-corrected chi connectivity index (χ0v) is 36.5. The first-order valence-electron chi connectivity index (χ1n) is 20.4. The van der Waals surface area contributed by atoms with E-state index in [1.165, 1.54) is 45.0 Å². The predicted octanol–water partition coefficient (Wildman–Crippen LogP) is -3.20. The number of phenolic OH excluding ortho intramolecular Hbond substituents is 1. The number of rotatable bonds is 29. The number of carboxylic acids is 4. The summed E-state index contributed by atoms with van der Waals surface area (Å²) in [7, 11) is 0. The molecule has 1 rings (SSSR count). The molecule has 0 radical (unpaired) electrons. The number of aromatic hydroxyl groups is 1. The Morgan fingerprint density at radius 2 is 0.831 bits per heavy atom. The number of carbonyl (C=O) groups is 11. The van der Waals surface area contributed by atoms with Crippen LogP contribution in [0.4, 0.5) is 0 Å². The molecule has 0 spiro atoms. The van der Waals surface area contributed by atoms with Crippen molar-refractivity contribution in [1.82, 2.24) is 37.2 Å². The molecule has 0 aliphatic carbocycles. The van der Waals surface area contributed by atoms with Crippen molar-refractivity contribution in [3.05, 3.63) is 29.8 Å². The number of benzene rings is 1. The first-order valence-corrected chi connectivity index (χ1v) is 20.4. The van der Waals surface area contributed by atoms with Gasteiger partial charge in [0.15, 0.2) is 0 Å². The molecule has 362 valence electrons. The smallest absolute Gasteiger partial charge is 0.326 e. The van der Waals surface area contributed by atoms with Gasteiger partial charge < -0.3 is 73.6 Å². The molecular weight excluding hydrogens is 864 g/mol. The summed E-state index contributed by atoms with van der Waals surface area (Å²) in [5.41, 5.74) is 6.07. The highest BCUT2D eigenvalue weighted by molar-refractivity contribution is 5.97. The third kappa shape index (κ3) is 21.4. The van der Waals surface area contributed by atoms with E-state index in [-0.39, 0.29) is 24.5 Å². The average molecular weight is 925 g/mol. The monoisotopic (exact) mass is 924 g/mol. The topological polar surface area (TPSA) is 419 Å². The van der Waals surface area contributed by atoms with E-state index in [1.54, 1.807) is 13.8 Å². The Balaban J connectivity index is 3.24. The Hall–Kier alpha value is -6.89. The van der Waals surface area contributed by atoms with E-state index in [4.69, 9.17) is 10.8 Å². The summed E-state index contributed by atoms with van der Waals surface area (Å²) in [6.07, 6.45) is -5.39. The highest BCUT2D eigenvalue weighted by Gasteiger charge is 2.34. The minimum atomic E-state index is -1.78. The summed E-state index contributed by atoms with van der Waals surface area (Å²) in [5.74, 6) is -13.1. The fraction of sp³-hybridized carbons (Fsp3) is 0.575. The van der Waals surface area contributed by atoms with E-state index >= 15 is 0 Å². The molecule has 0 saturated carbocycles. The number of nitrogens with one attached hydrogen (secondary N) is 7. The predicted molar refractivity (Wildman–Crippen MR) is 224 cm³/mol. The summed E-state index contributed by atoms with van der Waals surface area (Å²) < 4.78 is 0. The molecule has 1 aromatic rings. The Bertz CT molecular complexity index is 1880. The Morgan fingerprint density at radius 1 is 0.492 bits per heavy atom. The molecular formula is C40H60N8O17. The van der Waals surface area contributed by atoms with Crippen molar-refractivity contribution in [2.24, 2.45) is 11.7 Å². The lowest BCUT2D eigenvalue weighted by Crippen LogP contribution is -2.60. The first kappa shape index (κ1) is 56.1. The number of nitrogens with two attached hydrogens (primary N) is 1. The van der Waals surface area contributed by atoms with Gasteiger partial charge in [-0.15, -0.1) is 0 Å². The van der Waals surface area contributed by atoms with Crippen molar-refractivity contribution in [2.75, 3.05) is 0 Å². The average Bonchev–Trinajstić information content (AvgIpc) is 3.21. The lowest BCUT2D eigenvalue weighted by molar-refractivity contribution is -0.143. The van der Waals surface area contributed by atoms with Gasteiger partial charge in [-0.1, -0.05) is 26.0 Å². The van der Waals surface area contributed by atoms with Gasteiger partial charge in [-0.25, -0.2) is 4.79 Å². The quantitative estimate of drug-likeness (QED) is 0.0376. The van der Waals surface area contributed by atoms with Crippen LogP contribution in [0, 0.1) is 5.92 Å². The van der Waals surface area contributed by atoms with E-state index < -0.39 is 158 Å². The molecule has 65 heavy (non-hydrogen) atoms. The number of hydrogen-bond acceptors (Lipinski definition) is 14. The summed E-state index contributed by atoms with van der Waals surface area (Å²) in [5, 5.41) is 72.8. The van der Waals surface area contributed by atoms with Crippen LogP contribution in [0.15, 0.2) is 24.3 Å². The first-order chi connectivity index (χ1) is 30.2. The van der Waals surface area contributed by atoms with E-state index in [1.807, 2.05) is 0 Å². The largest absolute Gasteiger partial charge is 0.508 e. The Labute approximate surface area is 373 Å². The summed E-state index contributed by atoms with van der Waals surface area (Å²) in [6.45, 7) is 7.06. The maximum atomic E-state index is 13.5. The molecule has 25 nitrogen and oxygen atoms in total. The normalized spacial score (nSPS) is 15.1. The van der Waals surface area contributed by atoms with Crippen molar-refractivity contribution in [3.63, 3.8) is 0 Å². The minimum Gasteiger partial charge on any atom is -0.508 e. The third-order valence-corrected chi connectivity index (χ3v) is 9.50. The number of carboxylic acid groups (broad SMARTS) is 4. The van der Waals surface area contributed by atoms with Crippen molar-refractivity contribution < 1.29 is 83.4 Å². The van der Waals surface area contributed by atoms with Crippen LogP contribution in [-0.2, 0) is 59.2 Å². The molecule has 0 aliphatic rings. The number of aliphatic carboxylic acids is 4. The number of aliphatic hydroxyl groups excluding tert-OH is 1. The zero-order valence-electron chi connectivity index (χ0n) is 36.5. The molecule has 25 heteroatoms. The van der Waals surface area contributed by atoms with E-state index in [2.05, 4.69) is 37.2 Å². The second-order valence-electron chi connectivity index (χ2n) is 15.7. The van der Waals surface area contributed by atoms with Crippen LogP contribution in [0.5, 0.6) is 5.75 Å². The van der Waals surface area contributed by atoms with Crippen LogP contribution in [0.2, 0.25) is 0 Å². The van der Waals surface area contributed by atoms with Crippen molar-refractivity contribution in [1.29, 1.82) is 0 Å². The third-order valence-electron chi connectivity index (χ3n) is 9.50. The van der Waals surface area contributed by atoms with Crippen molar-refractivity contribution in [2.45, 2.75) is 140 Å². The van der Waals surface area contributed by atoms with Gasteiger partial charge in [0.25, 0.3) is 0 Å². The lowest BCUT2D eigenvalue weighted by atomic mass is 10.0. The van der Waals surface area contributed by atoms with Gasteiger partial charge >= 0.3 is 23.9 Å². The molecule has 9 atom stereocenters. The summed E-state index contributed by atoms with van der Waals surface area (Å²) >= 11 is 0. The van der Waals surface area contributed by atoms with Crippen molar-refractivity contribution >= 4 is 65.2 Å². The van der Waals surface area contributed by atoms with Crippen molar-refractivity contribution in [3.8, 4) is 5.75 Å². The second-order valence-corrected chi connectivity index (χ2v) is 15.7. The number of phenols is 1. The van der Waals surface area contributed by atoms with E-state index in [9.17, 15) is 78.3 Å². The maximum absolute atomic E-state index is 13.5. The zero-order chi connectivity index (χ0) is 49.7. The van der Waals surface area contributed by atoms with Crippen LogP contribution in [0.3, 0.4) is 0 Å². The van der Waals surface area contributed by atoms with Crippen LogP contribution in [0.25, 0.3) is 0 Å². The van der Waals surface area contributed by atoms with Crippen LogP contribution in [-0.4, -0.2) is 150 Å². The molecule has 0 saturated heterocycles. The van der Waals surface area contributed by atoms with E-state index in [0.29, 0.717) is 5.56 Å². The molecule has 0 fully saturated rings. The van der Waals surface area contributed by atoms with Crippen LogP contribution >= 0.6 is 0 Å². The highest BCUT2D eigenvalue weighted by atomic mass is 16.4. The summed E-state index contributed by atoms with van der Waals surface area (Å²) in [6, 6.07) is -6.68. The lowest BCUT2D eigenvalue weighted by Gasteiger charge is -2.26. The number of amides is 7. The molecule has 0 aliphatic heterocycles. The van der Waals surface area contributed by atoms with Gasteiger partial charge in [0, 0.05) is 25.7 Å². The minimum absolute atomic E-state index is 0.0688. The van der Waals surface area contributed by atoms with Crippen LogP contribution < -0.4 is 43.0 Å². The van der Waals surface area contributed by atoms with Gasteiger partial charge in [-0.2, -0.15) is 0 Å². The van der Waals surface area contributed by atoms with Crippen LogP contribution in [0.1, 0.15) is 85.1 Å². The standard InChI is InChI=1S/C40H60N8O17/c1-18(2)16-28(40(64)65)48-38(62)27(17-22-6-8-23(50)9-7-22)47-34(58)20(4)42-33(57)19(3)43-35(59)24(10-13-29(51)52)44-36(60)25(11-14-30(53)54)45-37(61)26(12-15-31(55)56)46-39(63)32(41)21(5)49/h6-9,18-21,24-28,32,49-50H,10-17,41H2,1-5H3,(H,42,57)(H,43,59)(H,44,60)(H,45,61)(H,46,63)(H,47,58)(H,48,62)(H,51,52)(H,53,54)(H,55,56)(H,64,65)/t19-,20-,21+,24-,25-,26-,27-,28-,32-/m0/s1. The fourth-order valence-electron chi connectivity index (χ4n) is 5.76. The number of hydrogen-bond donors (Lipinski definition) is 14. The van der Waals surface area contributed by atoms with Gasteiger partial charge in [-0.3, -0.25) is 47.9 Å². The van der Waals surface area contributed by atoms with Gasteiger partial charge in [0.2, 0.25) is 41.4 Å². The SMILES string of the molecule is CC(C)C[C@H](NC(=O)[C@H](Cc1ccc(O)cc1)NC(=O)[C@H](C)NC(=O)[C@H](C)NC(=O)[C@H](CCC(=O)O)NC(=O)[C@H](CCC(=O)O)NC(=O)[C@H](CCC(=O)O)NC(=O)[C@@H](N)[C@@H](C)O)C(=O)O. The van der Waals surface area contributed by atoms with Gasteiger partial charge in [0.05, 0.1) is 6.10 Å². The highest BCUT2D eigenvalue weighted by Crippen LogP contribution is 2.13. The Kier molecular flexibility index (Phi) is 23.6. The number of carbonyl (C=O) groups excluding carboxylic acids is 7. The summed E-state index contributed by atoms with van der Waals surface area (Å²) in [4.78, 5) is 139. The molecule has 0 aromatic heterocycles. The fourth-order valence-corrected chi connectivity index (χ4v) is 5.76.